The van der Waals surface area contributed by atoms with Crippen molar-refractivity contribution in [1.29, 1.82) is 5.26 Å². The molecule has 1 aromatic rings. The van der Waals surface area contributed by atoms with E-state index in [4.69, 9.17) is 11.0 Å². The average molecular weight is 305 g/mol. The summed E-state index contributed by atoms with van der Waals surface area (Å²) in [5, 5.41) is 9.20. The molecule has 2 N–H and O–H groups in total. The van der Waals surface area contributed by atoms with Crippen LogP contribution in [0, 0.1) is 23.2 Å². The van der Waals surface area contributed by atoms with E-state index in [1.54, 1.807) is 0 Å². The summed E-state index contributed by atoms with van der Waals surface area (Å²) in [6, 6.07) is 1.91. The third-order valence-electron chi connectivity index (χ3n) is 3.46. The van der Waals surface area contributed by atoms with Gasteiger partial charge in [0.25, 0.3) is 0 Å². The number of nitrogen functional groups attached to an aromatic ring is 1. The summed E-state index contributed by atoms with van der Waals surface area (Å²) in [5.74, 6) is 1.65. The lowest BCUT2D eigenvalue weighted by Crippen LogP contribution is -2.43. The first kappa shape index (κ1) is 15.6. The monoisotopic (exact) mass is 305 g/mol. The minimum atomic E-state index is 0.102. The van der Waals surface area contributed by atoms with E-state index in [0.29, 0.717) is 22.7 Å². The highest BCUT2D eigenvalue weighted by molar-refractivity contribution is 7.99. The lowest BCUT2D eigenvalue weighted by atomic mass is 9.92. The first-order valence-corrected chi connectivity index (χ1v) is 7.91. The van der Waals surface area contributed by atoms with Gasteiger partial charge in [0.05, 0.1) is 11.9 Å². The van der Waals surface area contributed by atoms with Crippen molar-refractivity contribution in [3.8, 4) is 6.07 Å². The van der Waals surface area contributed by atoms with Crippen LogP contribution in [0.25, 0.3) is 0 Å². The summed E-state index contributed by atoms with van der Waals surface area (Å²) in [6.45, 7) is 5.99. The predicted octanol–water partition coefficient (Wildman–Crippen LogP) is 1.53. The van der Waals surface area contributed by atoms with Crippen LogP contribution in [0.5, 0.6) is 0 Å². The molecule has 0 spiro atoms. The molecule has 1 fully saturated rings. The number of aromatic nitrogens is 2. The second kappa shape index (κ2) is 6.76. The number of piperidine rings is 1. The Balaban J connectivity index is 1.92. The van der Waals surface area contributed by atoms with E-state index < -0.39 is 0 Å². The summed E-state index contributed by atoms with van der Waals surface area (Å²) >= 11 is 1.26. The van der Waals surface area contributed by atoms with E-state index in [0.717, 1.165) is 13.1 Å². The molecule has 0 unspecified atom stereocenters. The Kier molecular flexibility index (Phi) is 5.02. The number of likely N-dealkylation sites (tertiary alicyclic amines) is 1. The summed E-state index contributed by atoms with van der Waals surface area (Å²) in [7, 11) is 0. The molecule has 7 heteroatoms. The van der Waals surface area contributed by atoms with Crippen LogP contribution < -0.4 is 5.73 Å². The van der Waals surface area contributed by atoms with Crippen molar-refractivity contribution in [2.75, 3.05) is 24.6 Å². The number of carbonyl (C=O) groups excluding carboxylic acids is 1. The van der Waals surface area contributed by atoms with Gasteiger partial charge in [-0.2, -0.15) is 5.26 Å². The third kappa shape index (κ3) is 4.08. The number of thioether (sulfide) groups is 1. The van der Waals surface area contributed by atoms with Crippen LogP contribution in [-0.2, 0) is 4.79 Å². The molecule has 0 aromatic carbocycles. The number of hydrogen-bond donors (Lipinski definition) is 1. The van der Waals surface area contributed by atoms with Crippen LogP contribution in [0.2, 0.25) is 0 Å². The number of anilines is 1. The van der Waals surface area contributed by atoms with Gasteiger partial charge in [-0.15, -0.1) is 0 Å². The molecule has 1 amide bonds. The highest BCUT2D eigenvalue weighted by atomic mass is 32.2. The normalized spacial score (nSPS) is 21.9. The zero-order chi connectivity index (χ0) is 15.4. The molecule has 112 valence electrons. The van der Waals surface area contributed by atoms with Crippen molar-refractivity contribution in [3.63, 3.8) is 0 Å². The standard InChI is InChI=1S/C14H19N5OS/c1-9-3-10(2)7-19(6-9)12(20)8-21-14-17-5-11(4-15)13(16)18-14/h5,9-10H,3,6-8H2,1-2H3,(H2,16,17,18)/t9-,10-/m1/s1. The Labute approximate surface area is 128 Å². The van der Waals surface area contributed by atoms with E-state index in [9.17, 15) is 4.79 Å². The molecule has 0 aliphatic carbocycles. The first-order valence-electron chi connectivity index (χ1n) is 6.92. The summed E-state index contributed by atoms with van der Waals surface area (Å²) < 4.78 is 0. The maximum Gasteiger partial charge on any atom is 0.233 e. The van der Waals surface area contributed by atoms with Crippen molar-refractivity contribution in [2.24, 2.45) is 11.8 Å². The summed E-state index contributed by atoms with van der Waals surface area (Å²) in [4.78, 5) is 22.2. The number of amides is 1. The fourth-order valence-corrected chi connectivity index (χ4v) is 3.34. The van der Waals surface area contributed by atoms with Gasteiger partial charge in [0, 0.05) is 13.1 Å². The lowest BCUT2D eigenvalue weighted by molar-refractivity contribution is -0.130. The van der Waals surface area contributed by atoms with Crippen molar-refractivity contribution in [1.82, 2.24) is 14.9 Å². The summed E-state index contributed by atoms with van der Waals surface area (Å²) in [6.07, 6.45) is 2.56. The number of nitrogens with two attached hydrogens (primary N) is 1. The van der Waals surface area contributed by atoms with E-state index in [1.807, 2.05) is 11.0 Å². The van der Waals surface area contributed by atoms with Gasteiger partial charge >= 0.3 is 0 Å². The van der Waals surface area contributed by atoms with Crippen molar-refractivity contribution in [2.45, 2.75) is 25.4 Å². The number of rotatable bonds is 3. The van der Waals surface area contributed by atoms with Crippen molar-refractivity contribution in [3.05, 3.63) is 11.8 Å². The quantitative estimate of drug-likeness (QED) is 0.672. The fraction of sp³-hybridized carbons (Fsp3) is 0.571. The molecule has 1 aliphatic heterocycles. The van der Waals surface area contributed by atoms with Gasteiger partial charge in [-0.05, 0) is 18.3 Å². The van der Waals surface area contributed by atoms with Crippen LogP contribution in [0.3, 0.4) is 0 Å². The Morgan fingerprint density at radius 1 is 1.52 bits per heavy atom. The van der Waals surface area contributed by atoms with E-state index in [-0.39, 0.29) is 17.3 Å². The second-order valence-corrected chi connectivity index (χ2v) is 6.54. The average Bonchev–Trinajstić information content (AvgIpc) is 2.43. The largest absolute Gasteiger partial charge is 0.382 e. The predicted molar refractivity (Wildman–Crippen MR) is 81.4 cm³/mol. The molecule has 0 bridgehead atoms. The number of nitrogens with zero attached hydrogens (tertiary/aromatic N) is 4. The smallest absolute Gasteiger partial charge is 0.233 e. The Morgan fingerprint density at radius 3 is 2.76 bits per heavy atom. The van der Waals surface area contributed by atoms with Crippen LogP contribution >= 0.6 is 11.8 Å². The molecule has 1 saturated heterocycles. The molecule has 2 atom stereocenters. The summed E-state index contributed by atoms with van der Waals surface area (Å²) in [5.41, 5.74) is 5.89. The highest BCUT2D eigenvalue weighted by Crippen LogP contribution is 2.23. The Morgan fingerprint density at radius 2 is 2.19 bits per heavy atom. The number of carbonyl (C=O) groups is 1. The van der Waals surface area contributed by atoms with Crippen molar-refractivity contribution >= 4 is 23.5 Å². The lowest BCUT2D eigenvalue weighted by Gasteiger charge is -2.34. The fourth-order valence-electron chi connectivity index (χ4n) is 2.62. The Bertz CT molecular complexity index is 561. The molecule has 2 heterocycles. The highest BCUT2D eigenvalue weighted by Gasteiger charge is 2.25. The van der Waals surface area contributed by atoms with Gasteiger partial charge in [-0.1, -0.05) is 25.6 Å². The van der Waals surface area contributed by atoms with E-state index >= 15 is 0 Å². The van der Waals surface area contributed by atoms with Gasteiger partial charge < -0.3 is 10.6 Å². The van der Waals surface area contributed by atoms with Crippen molar-refractivity contribution < 1.29 is 4.79 Å². The molecule has 0 saturated carbocycles. The molecular formula is C14H19N5OS. The molecule has 21 heavy (non-hydrogen) atoms. The van der Waals surface area contributed by atoms with E-state index in [1.165, 1.54) is 24.4 Å². The maximum absolute atomic E-state index is 12.2. The molecule has 1 aromatic heterocycles. The topological polar surface area (TPSA) is 95.9 Å². The van der Waals surface area contributed by atoms with E-state index in [2.05, 4.69) is 23.8 Å². The van der Waals surface area contributed by atoms with Gasteiger partial charge in [-0.25, -0.2) is 9.97 Å². The van der Waals surface area contributed by atoms with Crippen LogP contribution in [-0.4, -0.2) is 39.6 Å². The van der Waals surface area contributed by atoms with Crippen LogP contribution in [0.1, 0.15) is 25.8 Å². The third-order valence-corrected chi connectivity index (χ3v) is 4.31. The minimum Gasteiger partial charge on any atom is -0.382 e. The molecule has 0 radical (unpaired) electrons. The molecule has 1 aliphatic rings. The molecule has 6 nitrogen and oxygen atoms in total. The van der Waals surface area contributed by atoms with Crippen LogP contribution in [0.15, 0.2) is 11.4 Å². The zero-order valence-electron chi connectivity index (χ0n) is 12.2. The van der Waals surface area contributed by atoms with Gasteiger partial charge in [0.15, 0.2) is 5.16 Å². The maximum atomic E-state index is 12.2. The van der Waals surface area contributed by atoms with Gasteiger partial charge in [0.2, 0.25) is 5.91 Å². The number of hydrogen-bond acceptors (Lipinski definition) is 6. The SMILES string of the molecule is C[C@@H]1C[C@@H](C)CN(C(=O)CSc2ncc(C#N)c(N)n2)C1. The first-order chi connectivity index (χ1) is 9.99. The molecule has 2 rings (SSSR count). The van der Waals surface area contributed by atoms with Gasteiger partial charge in [-0.3, -0.25) is 4.79 Å². The van der Waals surface area contributed by atoms with Crippen LogP contribution in [0.4, 0.5) is 5.82 Å². The minimum absolute atomic E-state index is 0.102. The Hall–Kier alpha value is -1.81. The molecular weight excluding hydrogens is 286 g/mol. The zero-order valence-corrected chi connectivity index (χ0v) is 13.1. The van der Waals surface area contributed by atoms with Gasteiger partial charge in [0.1, 0.15) is 17.5 Å². The number of nitriles is 1. The second-order valence-electron chi connectivity index (χ2n) is 5.60.